The third kappa shape index (κ3) is 3.50. The molecule has 4 aliphatic rings. The number of Topliss-reactive ketones (excluding diaryl/α,β-unsaturated/α-hetero) is 4. The zero-order valence-corrected chi connectivity index (χ0v) is 21.6. The Bertz CT molecular complexity index is 1400. The van der Waals surface area contributed by atoms with Gasteiger partial charge >= 0.3 is 0 Å². The summed E-state index contributed by atoms with van der Waals surface area (Å²) in [5, 5.41) is 22.4. The van der Waals surface area contributed by atoms with Gasteiger partial charge in [0.05, 0.1) is 11.5 Å². The van der Waals surface area contributed by atoms with Gasteiger partial charge in [-0.2, -0.15) is 0 Å². The standard InChI is InChI=1S/C30H31NO7/c1-4-5-14-6-7-15(10-14)17-8-9-20(32)23-18(17)11-16-12-19-21(13(2)3)25(33)24(29(31)37)28(36)30(19,38)27(35)22(16)26(23)34/h4-9,13,16,19,21-22,24,32,38H,10-12H2,1-3H3,(H2,31,37)/t16-,19-,21-,22?,24?,30-/m0/s1. The van der Waals surface area contributed by atoms with Gasteiger partial charge in [-0.3, -0.25) is 24.0 Å². The van der Waals surface area contributed by atoms with E-state index in [1.807, 2.05) is 31.2 Å². The monoisotopic (exact) mass is 517 g/mol. The summed E-state index contributed by atoms with van der Waals surface area (Å²) in [4.78, 5) is 66.4. The molecule has 1 aromatic carbocycles. The van der Waals surface area contributed by atoms with Crippen molar-refractivity contribution in [2.75, 3.05) is 0 Å². The predicted molar refractivity (Wildman–Crippen MR) is 138 cm³/mol. The van der Waals surface area contributed by atoms with Gasteiger partial charge in [0.2, 0.25) is 5.91 Å². The Morgan fingerprint density at radius 1 is 1.13 bits per heavy atom. The average molecular weight is 518 g/mol. The van der Waals surface area contributed by atoms with E-state index in [4.69, 9.17) is 5.73 Å². The van der Waals surface area contributed by atoms with Crippen molar-refractivity contribution in [2.24, 2.45) is 41.2 Å². The number of carbonyl (C=O) groups excluding carboxylic acids is 5. The van der Waals surface area contributed by atoms with Gasteiger partial charge in [-0.25, -0.2) is 0 Å². The third-order valence-electron chi connectivity index (χ3n) is 8.82. The largest absolute Gasteiger partial charge is 0.507 e. The first-order valence-electron chi connectivity index (χ1n) is 13.0. The van der Waals surface area contributed by atoms with Crippen LogP contribution in [0.1, 0.15) is 55.1 Å². The maximum atomic E-state index is 13.9. The lowest BCUT2D eigenvalue weighted by Crippen LogP contribution is -2.71. The molecule has 0 saturated heterocycles. The molecule has 8 heteroatoms. The number of hydrogen-bond acceptors (Lipinski definition) is 7. The second kappa shape index (κ2) is 8.98. The van der Waals surface area contributed by atoms with Gasteiger partial charge in [-0.15, -0.1) is 0 Å². The topological polar surface area (TPSA) is 152 Å². The number of fused-ring (bicyclic) bond motifs is 3. The Kier molecular flexibility index (Phi) is 6.14. The summed E-state index contributed by atoms with van der Waals surface area (Å²) in [5.74, 6) is -11.4. The summed E-state index contributed by atoms with van der Waals surface area (Å²) in [6.45, 7) is 5.39. The first-order chi connectivity index (χ1) is 17.9. The first kappa shape index (κ1) is 26.0. The van der Waals surface area contributed by atoms with E-state index in [2.05, 4.69) is 0 Å². The van der Waals surface area contributed by atoms with E-state index in [0.717, 1.165) is 16.7 Å². The van der Waals surface area contributed by atoms with Crippen LogP contribution in [0.15, 0.2) is 42.0 Å². The molecule has 38 heavy (non-hydrogen) atoms. The molecule has 2 unspecified atom stereocenters. The highest BCUT2D eigenvalue weighted by atomic mass is 16.3. The van der Waals surface area contributed by atoms with Gasteiger partial charge < -0.3 is 15.9 Å². The molecule has 1 aromatic rings. The predicted octanol–water partition coefficient (Wildman–Crippen LogP) is 2.50. The van der Waals surface area contributed by atoms with Gasteiger partial charge in [0.1, 0.15) is 5.75 Å². The minimum absolute atomic E-state index is 0.0192. The number of phenolic OH excluding ortho intramolecular Hbond substituents is 1. The number of carbonyl (C=O) groups is 5. The highest BCUT2D eigenvalue weighted by Gasteiger charge is 2.69. The highest BCUT2D eigenvalue weighted by molar-refractivity contribution is 6.32. The highest BCUT2D eigenvalue weighted by Crippen LogP contribution is 2.53. The van der Waals surface area contributed by atoms with Crippen LogP contribution >= 0.6 is 0 Å². The Hall–Kier alpha value is -3.65. The Balaban J connectivity index is 1.61. The third-order valence-corrected chi connectivity index (χ3v) is 8.82. The fraction of sp³-hybridized carbons (Fsp3) is 0.433. The molecule has 0 heterocycles. The number of ketones is 4. The molecule has 0 radical (unpaired) electrons. The van der Waals surface area contributed by atoms with Crippen molar-refractivity contribution in [3.63, 3.8) is 0 Å². The second-order valence-electron chi connectivity index (χ2n) is 11.2. The summed E-state index contributed by atoms with van der Waals surface area (Å²) >= 11 is 0. The number of aliphatic hydroxyl groups is 1. The number of phenols is 1. The lowest BCUT2D eigenvalue weighted by molar-refractivity contribution is -0.182. The fourth-order valence-corrected chi connectivity index (χ4v) is 7.21. The minimum atomic E-state index is -2.68. The van der Waals surface area contributed by atoms with Crippen LogP contribution in [-0.2, 0) is 25.6 Å². The van der Waals surface area contributed by atoms with Crippen LogP contribution in [0.25, 0.3) is 5.57 Å². The molecule has 5 rings (SSSR count). The van der Waals surface area contributed by atoms with Gasteiger partial charge in [0.15, 0.2) is 34.7 Å². The molecule has 198 valence electrons. The van der Waals surface area contributed by atoms with Crippen LogP contribution in [-0.4, -0.2) is 44.9 Å². The molecule has 8 nitrogen and oxygen atoms in total. The van der Waals surface area contributed by atoms with Crippen molar-refractivity contribution in [2.45, 2.75) is 45.6 Å². The van der Waals surface area contributed by atoms with Crippen molar-refractivity contribution < 1.29 is 34.2 Å². The SMILES string of the molecule is CC=CC1=CC=C(c2ccc(O)c3c2C[C@H]2C[C@H]4[C@H](C(C)C)C(=O)C(C(N)=O)C(=O)[C@@]4(O)C(=O)C2C3=O)C1. The number of allylic oxidation sites excluding steroid dienone is 6. The smallest absolute Gasteiger partial charge is 0.235 e. The molecule has 0 aliphatic heterocycles. The van der Waals surface area contributed by atoms with Crippen molar-refractivity contribution in [3.05, 3.63) is 58.7 Å². The van der Waals surface area contributed by atoms with E-state index >= 15 is 0 Å². The number of benzene rings is 1. The number of rotatable bonds is 4. The molecule has 2 saturated carbocycles. The van der Waals surface area contributed by atoms with E-state index < -0.39 is 64.2 Å². The molecule has 4 aliphatic carbocycles. The second-order valence-corrected chi connectivity index (χ2v) is 11.2. The number of amides is 1. The summed E-state index contributed by atoms with van der Waals surface area (Å²) in [7, 11) is 0. The number of hydrogen-bond donors (Lipinski definition) is 3. The molecule has 0 aromatic heterocycles. The maximum Gasteiger partial charge on any atom is 0.235 e. The number of primary amides is 1. The molecule has 4 N–H and O–H groups in total. The van der Waals surface area contributed by atoms with Crippen molar-refractivity contribution >= 4 is 34.6 Å². The maximum absolute atomic E-state index is 13.9. The van der Waals surface area contributed by atoms with Crippen LogP contribution in [0, 0.1) is 35.5 Å². The summed E-state index contributed by atoms with van der Waals surface area (Å²) in [5.41, 5.74) is 6.22. The quantitative estimate of drug-likeness (QED) is 0.519. The molecule has 6 atom stereocenters. The summed E-state index contributed by atoms with van der Waals surface area (Å²) in [6.07, 6.45) is 8.89. The first-order valence-corrected chi connectivity index (χ1v) is 13.0. The Morgan fingerprint density at radius 3 is 2.47 bits per heavy atom. The number of nitrogens with two attached hydrogens (primary N) is 1. The van der Waals surface area contributed by atoms with Gasteiger partial charge in [-0.05, 0) is 66.4 Å². The minimum Gasteiger partial charge on any atom is -0.507 e. The van der Waals surface area contributed by atoms with E-state index in [-0.39, 0.29) is 30.1 Å². The zero-order valence-electron chi connectivity index (χ0n) is 21.6. The Labute approximate surface area is 220 Å². The van der Waals surface area contributed by atoms with Crippen molar-refractivity contribution in [1.82, 2.24) is 0 Å². The normalized spacial score (nSPS) is 32.7. The van der Waals surface area contributed by atoms with Crippen molar-refractivity contribution in [1.29, 1.82) is 0 Å². The van der Waals surface area contributed by atoms with E-state index in [1.54, 1.807) is 19.9 Å². The van der Waals surface area contributed by atoms with E-state index in [9.17, 15) is 34.2 Å². The molecular formula is C30H31NO7. The molecule has 0 bridgehead atoms. The van der Waals surface area contributed by atoms with Gasteiger partial charge in [0, 0.05) is 11.8 Å². The molecule has 0 spiro atoms. The fourth-order valence-electron chi connectivity index (χ4n) is 7.21. The lowest BCUT2D eigenvalue weighted by Gasteiger charge is -2.52. The van der Waals surface area contributed by atoms with Crippen LogP contribution in [0.2, 0.25) is 0 Å². The zero-order chi connectivity index (χ0) is 27.7. The Morgan fingerprint density at radius 2 is 1.84 bits per heavy atom. The van der Waals surface area contributed by atoms with Crippen LogP contribution in [0.3, 0.4) is 0 Å². The lowest BCUT2D eigenvalue weighted by atomic mass is 9.49. The van der Waals surface area contributed by atoms with Crippen molar-refractivity contribution in [3.8, 4) is 5.75 Å². The number of aromatic hydroxyl groups is 1. The van der Waals surface area contributed by atoms with Crippen LogP contribution < -0.4 is 5.73 Å². The molecule has 2 fully saturated rings. The summed E-state index contributed by atoms with van der Waals surface area (Å²) < 4.78 is 0. The summed E-state index contributed by atoms with van der Waals surface area (Å²) in [6, 6.07) is 3.19. The van der Waals surface area contributed by atoms with Gasteiger partial charge in [0.25, 0.3) is 0 Å². The van der Waals surface area contributed by atoms with Crippen LogP contribution in [0.5, 0.6) is 5.75 Å². The molecule has 1 amide bonds. The molecular weight excluding hydrogens is 486 g/mol. The van der Waals surface area contributed by atoms with Gasteiger partial charge in [-0.1, -0.05) is 44.2 Å². The van der Waals surface area contributed by atoms with E-state index in [0.29, 0.717) is 12.0 Å². The average Bonchev–Trinajstić information content (AvgIpc) is 3.29. The van der Waals surface area contributed by atoms with E-state index in [1.165, 1.54) is 6.07 Å². The van der Waals surface area contributed by atoms with Crippen LogP contribution in [0.4, 0.5) is 0 Å².